The second-order valence-electron chi connectivity index (χ2n) is 3.67. The van der Waals surface area contributed by atoms with Gasteiger partial charge in [-0.05, 0) is 12.1 Å². The van der Waals surface area contributed by atoms with Crippen molar-refractivity contribution in [2.24, 2.45) is 5.73 Å². The van der Waals surface area contributed by atoms with Crippen LogP contribution in [-0.4, -0.2) is 21.0 Å². The number of primary amides is 1. The van der Waals surface area contributed by atoms with Crippen LogP contribution >= 0.6 is 0 Å². The Bertz CT molecular complexity index is 645. The summed E-state index contributed by atoms with van der Waals surface area (Å²) >= 11 is 0. The molecule has 0 fully saturated rings. The SMILES string of the molecule is NC(=O)CC=Cc1[nH]nc2ccc([N+](=O)[O-])cc12. The lowest BCUT2D eigenvalue weighted by molar-refractivity contribution is -0.384. The van der Waals surface area contributed by atoms with Crippen molar-refractivity contribution in [2.45, 2.75) is 6.42 Å². The highest BCUT2D eigenvalue weighted by Gasteiger charge is 2.09. The van der Waals surface area contributed by atoms with Crippen LogP contribution in [0.5, 0.6) is 0 Å². The fraction of sp³-hybridized carbons (Fsp3) is 0.0909. The Balaban J connectivity index is 2.39. The smallest absolute Gasteiger partial charge is 0.270 e. The largest absolute Gasteiger partial charge is 0.369 e. The van der Waals surface area contributed by atoms with Crippen molar-refractivity contribution in [3.05, 3.63) is 40.1 Å². The molecule has 1 heterocycles. The number of nitrogens with zero attached hydrogens (tertiary/aromatic N) is 2. The highest BCUT2D eigenvalue weighted by molar-refractivity contribution is 5.88. The van der Waals surface area contributed by atoms with E-state index in [1.165, 1.54) is 12.1 Å². The van der Waals surface area contributed by atoms with E-state index in [2.05, 4.69) is 10.2 Å². The summed E-state index contributed by atoms with van der Waals surface area (Å²) in [6.45, 7) is 0. The Kier molecular flexibility index (Phi) is 3.05. The maximum Gasteiger partial charge on any atom is 0.270 e. The number of hydrogen-bond acceptors (Lipinski definition) is 4. The number of nitrogens with one attached hydrogen (secondary N) is 1. The summed E-state index contributed by atoms with van der Waals surface area (Å²) in [4.78, 5) is 20.8. The van der Waals surface area contributed by atoms with Gasteiger partial charge in [0.25, 0.3) is 5.69 Å². The number of aromatic nitrogens is 2. The van der Waals surface area contributed by atoms with Crippen LogP contribution in [0, 0.1) is 10.1 Å². The van der Waals surface area contributed by atoms with Gasteiger partial charge in [0.15, 0.2) is 0 Å². The number of carbonyl (C=O) groups excluding carboxylic acids is 1. The summed E-state index contributed by atoms with van der Waals surface area (Å²) in [6, 6.07) is 4.39. The molecule has 0 spiro atoms. The van der Waals surface area contributed by atoms with Crippen LogP contribution < -0.4 is 5.73 Å². The number of H-pyrrole nitrogens is 1. The molecule has 18 heavy (non-hydrogen) atoms. The van der Waals surface area contributed by atoms with E-state index in [1.54, 1.807) is 18.2 Å². The zero-order valence-electron chi connectivity index (χ0n) is 9.29. The van der Waals surface area contributed by atoms with Crippen molar-refractivity contribution in [1.82, 2.24) is 10.2 Å². The van der Waals surface area contributed by atoms with E-state index in [0.717, 1.165) is 0 Å². The first kappa shape index (κ1) is 11.8. The van der Waals surface area contributed by atoms with Crippen LogP contribution in [0.15, 0.2) is 24.3 Å². The van der Waals surface area contributed by atoms with E-state index in [4.69, 9.17) is 5.73 Å². The topological polar surface area (TPSA) is 115 Å². The van der Waals surface area contributed by atoms with E-state index < -0.39 is 10.8 Å². The zero-order valence-corrected chi connectivity index (χ0v) is 9.29. The second kappa shape index (κ2) is 4.66. The first-order chi connectivity index (χ1) is 8.58. The molecule has 92 valence electrons. The van der Waals surface area contributed by atoms with Crippen LogP contribution in [0.1, 0.15) is 12.1 Å². The van der Waals surface area contributed by atoms with Crippen molar-refractivity contribution in [1.29, 1.82) is 0 Å². The monoisotopic (exact) mass is 246 g/mol. The second-order valence-corrected chi connectivity index (χ2v) is 3.67. The van der Waals surface area contributed by atoms with Gasteiger partial charge in [-0.15, -0.1) is 0 Å². The van der Waals surface area contributed by atoms with Gasteiger partial charge in [-0.2, -0.15) is 5.10 Å². The summed E-state index contributed by atoms with van der Waals surface area (Å²) in [6.07, 6.45) is 3.31. The average molecular weight is 246 g/mol. The van der Waals surface area contributed by atoms with Crippen molar-refractivity contribution >= 4 is 28.6 Å². The maximum atomic E-state index is 10.7. The van der Waals surface area contributed by atoms with E-state index in [-0.39, 0.29) is 12.1 Å². The molecule has 2 aromatic rings. The highest BCUT2D eigenvalue weighted by Crippen LogP contribution is 2.22. The van der Waals surface area contributed by atoms with Crippen molar-refractivity contribution < 1.29 is 9.72 Å². The summed E-state index contributed by atoms with van der Waals surface area (Å²) in [5, 5.41) is 18.1. The first-order valence-corrected chi connectivity index (χ1v) is 5.15. The number of nitro groups is 1. The molecule has 1 aromatic heterocycles. The van der Waals surface area contributed by atoms with Gasteiger partial charge in [-0.1, -0.05) is 6.08 Å². The van der Waals surface area contributed by atoms with Gasteiger partial charge >= 0.3 is 0 Å². The number of carbonyl (C=O) groups is 1. The predicted octanol–water partition coefficient (Wildman–Crippen LogP) is 1.36. The number of aromatic amines is 1. The minimum absolute atomic E-state index is 0.00606. The fourth-order valence-corrected chi connectivity index (χ4v) is 1.55. The zero-order chi connectivity index (χ0) is 13.1. The third-order valence-corrected chi connectivity index (χ3v) is 2.38. The first-order valence-electron chi connectivity index (χ1n) is 5.15. The number of fused-ring (bicyclic) bond motifs is 1. The van der Waals surface area contributed by atoms with Crippen LogP contribution in [0.3, 0.4) is 0 Å². The molecule has 0 atom stereocenters. The van der Waals surface area contributed by atoms with Crippen molar-refractivity contribution in [3.63, 3.8) is 0 Å². The molecule has 7 nitrogen and oxygen atoms in total. The lowest BCUT2D eigenvalue weighted by Gasteiger charge is -1.92. The van der Waals surface area contributed by atoms with Gasteiger partial charge in [0, 0.05) is 23.9 Å². The van der Waals surface area contributed by atoms with Gasteiger partial charge in [0.2, 0.25) is 5.91 Å². The standard InChI is InChI=1S/C11H10N4O3/c12-11(16)3-1-2-9-8-6-7(15(17)18)4-5-10(8)14-13-9/h1-2,4-6H,3H2,(H2,12,16)(H,13,14). The Labute approximate surface area is 101 Å². The molecule has 0 aliphatic heterocycles. The molecule has 0 aliphatic carbocycles. The van der Waals surface area contributed by atoms with Crippen LogP contribution in [0.25, 0.3) is 17.0 Å². The van der Waals surface area contributed by atoms with Crippen LogP contribution in [-0.2, 0) is 4.79 Å². The van der Waals surface area contributed by atoms with Gasteiger partial charge in [0.1, 0.15) is 0 Å². The number of benzene rings is 1. The van der Waals surface area contributed by atoms with E-state index in [9.17, 15) is 14.9 Å². The Hall–Kier alpha value is -2.70. The molecule has 1 aromatic carbocycles. The molecule has 1 amide bonds. The van der Waals surface area contributed by atoms with Crippen LogP contribution in [0.4, 0.5) is 5.69 Å². The lowest BCUT2D eigenvalue weighted by atomic mass is 10.2. The molecule has 2 rings (SSSR count). The number of nitro benzene ring substituents is 1. The molecule has 0 bridgehead atoms. The Morgan fingerprint density at radius 3 is 3.00 bits per heavy atom. The number of amides is 1. The third-order valence-electron chi connectivity index (χ3n) is 2.38. The molecular formula is C11H10N4O3. The molecule has 7 heteroatoms. The summed E-state index contributed by atoms with van der Waals surface area (Å²) in [5.74, 6) is -0.443. The number of nitrogens with two attached hydrogens (primary N) is 1. The maximum absolute atomic E-state index is 10.7. The minimum atomic E-state index is -0.469. The van der Waals surface area contributed by atoms with E-state index in [0.29, 0.717) is 16.6 Å². The van der Waals surface area contributed by atoms with Crippen molar-refractivity contribution in [3.8, 4) is 0 Å². The summed E-state index contributed by atoms with van der Waals surface area (Å²) < 4.78 is 0. The van der Waals surface area contributed by atoms with Crippen LogP contribution in [0.2, 0.25) is 0 Å². The average Bonchev–Trinajstić information content (AvgIpc) is 2.71. The molecule has 3 N–H and O–H groups in total. The molecular weight excluding hydrogens is 236 g/mol. The van der Waals surface area contributed by atoms with E-state index in [1.807, 2.05) is 0 Å². The Morgan fingerprint density at radius 1 is 1.56 bits per heavy atom. The number of non-ortho nitro benzene ring substituents is 1. The quantitative estimate of drug-likeness (QED) is 0.625. The van der Waals surface area contributed by atoms with E-state index >= 15 is 0 Å². The molecule has 0 radical (unpaired) electrons. The lowest BCUT2D eigenvalue weighted by Crippen LogP contribution is -2.07. The molecule has 0 aliphatic rings. The molecule has 0 unspecified atom stereocenters. The molecule has 0 saturated carbocycles. The predicted molar refractivity (Wildman–Crippen MR) is 65.6 cm³/mol. The number of rotatable bonds is 4. The summed E-state index contributed by atoms with van der Waals surface area (Å²) in [5.41, 5.74) is 6.23. The summed E-state index contributed by atoms with van der Waals surface area (Å²) in [7, 11) is 0. The van der Waals surface area contributed by atoms with Gasteiger partial charge in [0.05, 0.1) is 16.1 Å². The van der Waals surface area contributed by atoms with Gasteiger partial charge in [-0.3, -0.25) is 20.0 Å². The van der Waals surface area contributed by atoms with Gasteiger partial charge < -0.3 is 5.73 Å². The van der Waals surface area contributed by atoms with Gasteiger partial charge in [-0.25, -0.2) is 0 Å². The number of hydrogen-bond donors (Lipinski definition) is 2. The normalized spacial score (nSPS) is 11.1. The highest BCUT2D eigenvalue weighted by atomic mass is 16.6. The third kappa shape index (κ3) is 2.34. The Morgan fingerprint density at radius 2 is 2.33 bits per heavy atom. The van der Waals surface area contributed by atoms with Crippen molar-refractivity contribution in [2.75, 3.05) is 0 Å². The fourth-order valence-electron chi connectivity index (χ4n) is 1.55. The molecule has 0 saturated heterocycles. The minimum Gasteiger partial charge on any atom is -0.369 e.